The number of hydrogen-bond donors (Lipinski definition) is 5. The molecule has 10 heterocycles. The van der Waals surface area contributed by atoms with Gasteiger partial charge >= 0.3 is 11.9 Å². The second-order valence-corrected chi connectivity index (χ2v) is 37.5. The number of esters is 2. The van der Waals surface area contributed by atoms with Crippen LogP contribution in [0.3, 0.4) is 0 Å². The number of nitrogens with zero attached hydrogens (tertiary/aromatic N) is 13. The van der Waals surface area contributed by atoms with Crippen LogP contribution < -0.4 is 21.3 Å². The molecule has 5 aromatic heterocycles. The SMILES string of the molecule is CO[C@H]1C[C@@H]2CC[C@@H](C)[C@@](O)(O2)C(=O)C(=O)N2CCCC[C@H]2C(=O)O[C@H]([C@H](C)C[C@@H]2CC[C@@H](OC(=O)CCCOCCOCCOCCOCCC(=O)CCc3cnc(N4CCN(c5ncc(C(=O)N6CCc7cc(Cn8nc(-c9ccc%10oc(N)nc%10c9)c9c(N)ncnc98)ccc7C6)cn5)CC4)nc3)[C@H](OC)C2)C[C@@H](O)[C@H](C)/C=C(\C)[C@@H](O)[C@@H](OC)C(=O)[C@H](C)C[C@H](C)/C=C/C=C/C=C/1C. The lowest BCUT2D eigenvalue weighted by molar-refractivity contribution is -0.265. The van der Waals surface area contributed by atoms with Gasteiger partial charge in [0.2, 0.25) is 17.7 Å². The third-order valence-electron chi connectivity index (χ3n) is 27.5. The zero-order chi connectivity index (χ0) is 97.4. The Kier molecular flexibility index (Phi) is 37.6. The van der Waals surface area contributed by atoms with Gasteiger partial charge in [0.25, 0.3) is 23.6 Å². The lowest BCUT2D eigenvalue weighted by atomic mass is 9.78. The van der Waals surface area contributed by atoms with Gasteiger partial charge in [0.1, 0.15) is 59.6 Å². The number of aliphatic hydroxyl groups excluding tert-OH is 2. The number of amides is 2. The Balaban J connectivity index is 0.477. The highest BCUT2D eigenvalue weighted by molar-refractivity contribution is 6.39. The molecule has 1 saturated carbocycles. The van der Waals surface area contributed by atoms with E-state index in [0.29, 0.717) is 232 Å². The summed E-state index contributed by atoms with van der Waals surface area (Å²) in [6, 6.07) is 10.7. The Labute approximate surface area is 800 Å². The summed E-state index contributed by atoms with van der Waals surface area (Å²) >= 11 is 0. The molecule has 4 fully saturated rings. The molecule has 13 rings (SSSR count). The fourth-order valence-corrected chi connectivity index (χ4v) is 19.3. The van der Waals surface area contributed by atoms with E-state index in [1.165, 1.54) is 18.3 Å². The summed E-state index contributed by atoms with van der Waals surface area (Å²) in [5.41, 5.74) is 21.2. The Morgan fingerprint density at radius 1 is 0.679 bits per heavy atom. The molecule has 0 radical (unpaired) electrons. The van der Waals surface area contributed by atoms with Crippen molar-refractivity contribution in [2.24, 2.45) is 35.5 Å². The van der Waals surface area contributed by atoms with E-state index in [2.05, 4.69) is 56.8 Å². The van der Waals surface area contributed by atoms with Crippen molar-refractivity contribution in [1.29, 1.82) is 0 Å². The van der Waals surface area contributed by atoms with Crippen molar-refractivity contribution in [3.05, 3.63) is 143 Å². The second kappa shape index (κ2) is 49.7. The second-order valence-electron chi connectivity index (χ2n) is 37.5. The van der Waals surface area contributed by atoms with Gasteiger partial charge in [-0.2, -0.15) is 10.1 Å². The van der Waals surface area contributed by atoms with Crippen LogP contribution in [0.15, 0.2) is 120 Å². The highest BCUT2D eigenvalue weighted by Gasteiger charge is 2.53. The first kappa shape index (κ1) is 104. The largest absolute Gasteiger partial charge is 0.460 e. The highest BCUT2D eigenvalue weighted by Crippen LogP contribution is 2.41. The summed E-state index contributed by atoms with van der Waals surface area (Å²) in [6.45, 7) is 19.4. The molecule has 0 unspecified atom stereocenters. The molecule has 16 atom stereocenters. The molecule has 2 amide bonds. The number of rotatable bonds is 32. The number of nitrogens with two attached hydrogens (primary N) is 2. The van der Waals surface area contributed by atoms with Crippen molar-refractivity contribution in [2.45, 2.75) is 238 Å². The number of ether oxygens (including phenoxy) is 10. The quantitative estimate of drug-likeness (QED) is 0.0113. The zero-order valence-corrected chi connectivity index (χ0v) is 80.7. The fourth-order valence-electron chi connectivity index (χ4n) is 19.3. The molecule has 7 N–H and O–H groups in total. The van der Waals surface area contributed by atoms with Crippen LogP contribution in [-0.2, 0) is 102 Å². The van der Waals surface area contributed by atoms with Gasteiger partial charge in [0.15, 0.2) is 17.0 Å². The van der Waals surface area contributed by atoms with Gasteiger partial charge in [-0.25, -0.2) is 39.4 Å². The van der Waals surface area contributed by atoms with Crippen LogP contribution in [0.2, 0.25) is 0 Å². The fraction of sp³-hybridized carbons (Fsp3) is 0.594. The summed E-state index contributed by atoms with van der Waals surface area (Å²) in [7, 11) is 4.54. The molecule has 2 bridgehead atoms. The van der Waals surface area contributed by atoms with Crippen LogP contribution in [0.5, 0.6) is 0 Å². The van der Waals surface area contributed by atoms with Crippen LogP contribution in [0.1, 0.15) is 184 Å². The van der Waals surface area contributed by atoms with Crippen molar-refractivity contribution in [1.82, 2.24) is 54.5 Å². The minimum Gasteiger partial charge on any atom is -0.460 e. The lowest BCUT2D eigenvalue weighted by Crippen LogP contribution is -2.61. The molecule has 36 nitrogen and oxygen atoms in total. The molecule has 6 aliphatic rings. The van der Waals surface area contributed by atoms with Gasteiger partial charge in [0, 0.05) is 154 Å². The van der Waals surface area contributed by atoms with Crippen molar-refractivity contribution in [3.8, 4) is 11.3 Å². The van der Waals surface area contributed by atoms with Crippen molar-refractivity contribution in [2.75, 3.05) is 135 Å². The minimum absolute atomic E-state index is 0.00942. The first-order valence-corrected chi connectivity index (χ1v) is 48.4. The summed E-state index contributed by atoms with van der Waals surface area (Å²) in [4.78, 5) is 137. The number of piperazine rings is 1. The predicted molar refractivity (Wildman–Crippen MR) is 510 cm³/mol. The molecule has 137 heavy (non-hydrogen) atoms. The predicted octanol–water partition coefficient (Wildman–Crippen LogP) is 10.2. The van der Waals surface area contributed by atoms with E-state index in [-0.39, 0.29) is 92.5 Å². The van der Waals surface area contributed by atoms with Crippen LogP contribution in [0.25, 0.3) is 33.4 Å². The Morgan fingerprint density at radius 2 is 1.39 bits per heavy atom. The first-order chi connectivity index (χ1) is 66.1. The summed E-state index contributed by atoms with van der Waals surface area (Å²) in [6.07, 6.45) is 20.2. The number of nitrogen functional groups attached to an aromatic ring is 2. The van der Waals surface area contributed by atoms with Crippen molar-refractivity contribution < 1.29 is 101 Å². The number of hydrogen-bond acceptors (Lipinski definition) is 33. The number of oxazole rings is 1. The van der Waals surface area contributed by atoms with Crippen LogP contribution in [0.4, 0.5) is 23.7 Å². The molecule has 1 aliphatic carbocycles. The van der Waals surface area contributed by atoms with Crippen molar-refractivity contribution in [3.63, 3.8) is 0 Å². The van der Waals surface area contributed by atoms with Gasteiger partial charge in [-0.15, -0.1) is 0 Å². The third-order valence-corrected chi connectivity index (χ3v) is 27.5. The van der Waals surface area contributed by atoms with Gasteiger partial charge < -0.3 is 98.2 Å². The lowest BCUT2D eigenvalue weighted by Gasteiger charge is -2.43. The smallest absolute Gasteiger partial charge is 0.329 e. The maximum absolute atomic E-state index is 14.8. The molecule has 742 valence electrons. The zero-order valence-electron chi connectivity index (χ0n) is 80.7. The number of aromatic nitrogens is 9. The summed E-state index contributed by atoms with van der Waals surface area (Å²) < 4.78 is 66.3. The number of fused-ring (bicyclic) bond motifs is 6. The number of cyclic esters (lactones) is 1. The number of Topliss-reactive ketones (excluding diaryl/α,β-unsaturated/α-hetero) is 3. The third kappa shape index (κ3) is 27.4. The Hall–Kier alpha value is -10.8. The van der Waals surface area contributed by atoms with Crippen LogP contribution >= 0.6 is 0 Å². The number of ketones is 3. The molecule has 3 saturated heterocycles. The highest BCUT2D eigenvalue weighted by atomic mass is 16.6. The maximum atomic E-state index is 14.8. The molecule has 36 heteroatoms. The van der Waals surface area contributed by atoms with Gasteiger partial charge in [-0.1, -0.05) is 89.3 Å². The van der Waals surface area contributed by atoms with Crippen molar-refractivity contribution >= 4 is 87.0 Å². The van der Waals surface area contributed by atoms with E-state index < -0.39 is 96.1 Å². The molecule has 2 aromatic carbocycles. The molecular weight excluding hydrogens is 1760 g/mol. The van der Waals surface area contributed by atoms with E-state index >= 15 is 0 Å². The Bertz CT molecular complexity index is 5350. The van der Waals surface area contributed by atoms with E-state index in [1.807, 2.05) is 85.9 Å². The topological polar surface area (TPSA) is 459 Å². The molecule has 7 aromatic rings. The normalized spacial score (nSPS) is 27.1. The first-order valence-electron chi connectivity index (χ1n) is 48.4. The van der Waals surface area contributed by atoms with Crippen LogP contribution in [-0.4, -0.2) is 285 Å². The number of methoxy groups -OCH3 is 3. The van der Waals surface area contributed by atoms with Crippen LogP contribution in [0, 0.1) is 35.5 Å². The number of carbonyl (C=O) groups excluding carboxylic acids is 7. The number of anilines is 4. The molecule has 0 spiro atoms. The van der Waals surface area contributed by atoms with E-state index in [4.69, 9.17) is 68.4 Å². The number of carbonyl (C=O) groups is 7. The number of allylic oxidation sites excluding steroid dienone is 5. The summed E-state index contributed by atoms with van der Waals surface area (Å²) in [5, 5.41) is 41.6. The average Bonchev–Trinajstić information content (AvgIpc) is 1.74. The number of benzene rings is 2. The average molecular weight is 1900 g/mol. The number of piperidine rings is 1. The monoisotopic (exact) mass is 1900 g/mol. The van der Waals surface area contributed by atoms with Gasteiger partial charge in [0.05, 0.1) is 88.2 Å². The summed E-state index contributed by atoms with van der Waals surface area (Å²) in [5.74, 6) is -6.88. The van der Waals surface area contributed by atoms with E-state index in [0.717, 1.165) is 33.4 Å². The number of aryl methyl sites for hydroxylation is 1. The number of aliphatic hydroxyl groups is 3. The van der Waals surface area contributed by atoms with E-state index in [9.17, 15) is 48.9 Å². The Morgan fingerprint density at radius 3 is 2.09 bits per heavy atom. The standard InChI is InChI=1S/C101H137N15O21/c1-62-17-12-11-13-18-63(2)83(127-8)53-77-28-21-68(7)101(126,137-77)92(122)96(124)115-33-15-14-19-79(115)97(125)135-84(54-80(118)64(3)48-67(6)90(121)91(129-10)89(120)66(5)47-62)65(4)49-69-24-29-82(85(51-69)128-9)134-86(119)20-16-39-130-41-43-132-45-46-133-44-42-131-40-32-76(117)27-23-71-55-104-99(105-56-71)112-35-37-113(38-36-112)100-106-57-75(58-107-100)95(123)114-34-31-72-50-70(22-25-74(72)60-114)59-116-94-87(93(102)108-61-109-94)88(111-116)73-26-30-81-78(52-73)110-98(103)136-81/h11-13,17-18,22,25-26,30,48,50,52,55-58,61-62,64-66,68-69,77,79-80,82-85,90-91,118,121,126H,14-16,19-21,23-24,27-29,31-47,49,51,53-54,59-60H2,1-10H3,(H2,103,110)(H2,102,108,109)/b13-11+,17-12+,63-18+,67-48+/t62-,64-,65-,66-,68-,69+,77+,79+,80-,82-,83+,84+,85-,90-,91+,101-/m1/s1. The molecular formula is C101H137N15O21. The van der Waals surface area contributed by atoms with Gasteiger partial charge in [-0.05, 0) is 167 Å². The van der Waals surface area contributed by atoms with E-state index in [1.54, 1.807) is 71.9 Å². The van der Waals surface area contributed by atoms with Gasteiger partial charge in [-0.3, -0.25) is 28.8 Å². The minimum atomic E-state index is -2.47. The molecule has 5 aliphatic heterocycles. The maximum Gasteiger partial charge on any atom is 0.329 e.